The van der Waals surface area contributed by atoms with Crippen molar-refractivity contribution in [2.75, 3.05) is 13.1 Å². The van der Waals surface area contributed by atoms with E-state index < -0.39 is 0 Å². The van der Waals surface area contributed by atoms with Gasteiger partial charge in [0.05, 0.1) is 0 Å². The first-order chi connectivity index (χ1) is 15.2. The van der Waals surface area contributed by atoms with Crippen molar-refractivity contribution in [3.05, 3.63) is 65.5 Å². The predicted octanol–water partition coefficient (Wildman–Crippen LogP) is 6.54. The van der Waals surface area contributed by atoms with Crippen LogP contribution in [-0.4, -0.2) is 23.0 Å². The van der Waals surface area contributed by atoms with Crippen molar-refractivity contribution >= 4 is 0 Å². The third-order valence-corrected chi connectivity index (χ3v) is 9.22. The van der Waals surface area contributed by atoms with Gasteiger partial charge in [0, 0.05) is 18.4 Å². The summed E-state index contributed by atoms with van der Waals surface area (Å²) in [4.78, 5) is 7.51. The monoisotopic (exact) mass is 414 g/mol. The van der Waals surface area contributed by atoms with Crippen LogP contribution in [0, 0.1) is 17.3 Å². The second kappa shape index (κ2) is 8.03. The largest absolute Gasteiger partial charge is 0.299 e. The van der Waals surface area contributed by atoms with Gasteiger partial charge in [-0.05, 0) is 117 Å². The Morgan fingerprint density at radius 3 is 2.35 bits per heavy atom. The zero-order valence-corrected chi connectivity index (χ0v) is 19.1. The number of piperidine rings is 1. The summed E-state index contributed by atoms with van der Waals surface area (Å²) in [5.41, 5.74) is 5.37. The third kappa shape index (κ3) is 3.97. The van der Waals surface area contributed by atoms with Crippen LogP contribution >= 0.6 is 0 Å². The molecule has 0 N–H and O–H groups in total. The molecule has 2 heterocycles. The highest BCUT2D eigenvalue weighted by atomic mass is 15.1. The number of rotatable bonds is 6. The van der Waals surface area contributed by atoms with Gasteiger partial charge in [0.25, 0.3) is 0 Å². The molecule has 31 heavy (non-hydrogen) atoms. The summed E-state index contributed by atoms with van der Waals surface area (Å²) in [6.07, 6.45) is 17.6. The van der Waals surface area contributed by atoms with Crippen LogP contribution in [0.2, 0.25) is 0 Å². The van der Waals surface area contributed by atoms with Crippen molar-refractivity contribution in [2.24, 2.45) is 17.3 Å². The standard InChI is InChI=1S/C29H38N2/c1-3-7-26(8-4-1)29-18-24-15-25(19-29)17-28(16-24,22-29)12-11-27-10-9-23(20-30-27)21-31-13-5-2-6-14-31/h1,3-4,7-10,20,24-25H,2,5-6,11-19,21-22H2. The fraction of sp³-hybridized carbons (Fsp3) is 0.621. The number of nitrogens with zero attached hydrogens (tertiary/aromatic N) is 2. The van der Waals surface area contributed by atoms with Gasteiger partial charge in [-0.25, -0.2) is 0 Å². The van der Waals surface area contributed by atoms with Crippen LogP contribution < -0.4 is 0 Å². The molecule has 164 valence electrons. The first-order valence-corrected chi connectivity index (χ1v) is 12.9. The Kier molecular flexibility index (Phi) is 5.17. The van der Waals surface area contributed by atoms with E-state index in [0.717, 1.165) is 24.8 Å². The Morgan fingerprint density at radius 2 is 1.65 bits per heavy atom. The number of hydrogen-bond acceptors (Lipinski definition) is 2. The van der Waals surface area contributed by atoms with E-state index in [0.29, 0.717) is 10.8 Å². The van der Waals surface area contributed by atoms with Gasteiger partial charge >= 0.3 is 0 Å². The summed E-state index contributed by atoms with van der Waals surface area (Å²) in [6, 6.07) is 16.2. The second-order valence-corrected chi connectivity index (χ2v) is 11.6. The van der Waals surface area contributed by atoms with Crippen molar-refractivity contribution in [1.82, 2.24) is 9.88 Å². The molecule has 0 radical (unpaired) electrons. The molecule has 4 aliphatic carbocycles. The highest BCUT2D eigenvalue weighted by Crippen LogP contribution is 2.66. The minimum atomic E-state index is 0.469. The maximum Gasteiger partial charge on any atom is 0.0404 e. The van der Waals surface area contributed by atoms with Gasteiger partial charge in [-0.2, -0.15) is 0 Å². The van der Waals surface area contributed by atoms with Crippen LogP contribution in [0.3, 0.4) is 0 Å². The second-order valence-electron chi connectivity index (χ2n) is 11.6. The van der Waals surface area contributed by atoms with Gasteiger partial charge < -0.3 is 0 Å². The molecule has 4 saturated carbocycles. The fourth-order valence-electron chi connectivity index (χ4n) is 8.34. The number of aryl methyl sites for hydroxylation is 1. The first kappa shape index (κ1) is 20.0. The minimum Gasteiger partial charge on any atom is -0.299 e. The van der Waals surface area contributed by atoms with Crippen LogP contribution in [0.1, 0.15) is 81.0 Å². The zero-order valence-electron chi connectivity index (χ0n) is 19.1. The minimum absolute atomic E-state index is 0.469. The Bertz CT molecular complexity index is 867. The molecule has 2 heteroatoms. The number of pyridine rings is 1. The molecular formula is C29H38N2. The van der Waals surface area contributed by atoms with E-state index in [1.54, 1.807) is 5.56 Å². The molecule has 1 aromatic carbocycles. The smallest absolute Gasteiger partial charge is 0.0404 e. The number of aromatic nitrogens is 1. The summed E-state index contributed by atoms with van der Waals surface area (Å²) in [5, 5.41) is 0. The molecule has 1 aromatic heterocycles. The highest BCUT2D eigenvalue weighted by Gasteiger charge is 2.57. The van der Waals surface area contributed by atoms with Gasteiger partial charge in [0.2, 0.25) is 0 Å². The molecule has 2 nitrogen and oxygen atoms in total. The molecule has 2 atom stereocenters. The van der Waals surface area contributed by atoms with Crippen molar-refractivity contribution in [3.8, 4) is 0 Å². The molecule has 1 saturated heterocycles. The highest BCUT2D eigenvalue weighted by molar-refractivity contribution is 5.30. The summed E-state index contributed by atoms with van der Waals surface area (Å²) >= 11 is 0. The molecule has 4 bridgehead atoms. The molecule has 0 spiro atoms. The van der Waals surface area contributed by atoms with Gasteiger partial charge in [-0.1, -0.05) is 42.8 Å². The summed E-state index contributed by atoms with van der Waals surface area (Å²) in [6.45, 7) is 3.60. The SMILES string of the molecule is c1ccc(C23CC4CC(CC(CCc5ccc(CN6CCCCC6)cn5)(C4)C2)C3)cc1. The molecule has 5 aliphatic rings. The maximum absolute atomic E-state index is 4.91. The Morgan fingerprint density at radius 1 is 0.871 bits per heavy atom. The molecule has 7 rings (SSSR count). The van der Waals surface area contributed by atoms with Crippen LogP contribution in [0.25, 0.3) is 0 Å². The lowest BCUT2D eigenvalue weighted by Gasteiger charge is -2.63. The predicted molar refractivity (Wildman–Crippen MR) is 127 cm³/mol. The lowest BCUT2D eigenvalue weighted by atomic mass is 9.42. The third-order valence-electron chi connectivity index (χ3n) is 9.22. The quantitative estimate of drug-likeness (QED) is 0.533. The van der Waals surface area contributed by atoms with Gasteiger partial charge in [-0.3, -0.25) is 9.88 Å². The number of likely N-dealkylation sites (tertiary alicyclic amines) is 1. The number of hydrogen-bond donors (Lipinski definition) is 0. The Hall–Kier alpha value is -1.67. The summed E-state index contributed by atoms with van der Waals surface area (Å²) < 4.78 is 0. The topological polar surface area (TPSA) is 16.1 Å². The van der Waals surface area contributed by atoms with Gasteiger partial charge in [0.15, 0.2) is 0 Å². The van der Waals surface area contributed by atoms with E-state index in [9.17, 15) is 0 Å². The lowest BCUT2D eigenvalue weighted by Crippen LogP contribution is -2.54. The van der Waals surface area contributed by atoms with E-state index in [1.165, 1.54) is 88.6 Å². The van der Waals surface area contributed by atoms with E-state index in [2.05, 4.69) is 53.6 Å². The fourth-order valence-corrected chi connectivity index (χ4v) is 8.34. The van der Waals surface area contributed by atoms with Crippen molar-refractivity contribution in [2.45, 2.75) is 82.6 Å². The van der Waals surface area contributed by atoms with Crippen molar-refractivity contribution in [3.63, 3.8) is 0 Å². The van der Waals surface area contributed by atoms with E-state index >= 15 is 0 Å². The molecule has 1 aliphatic heterocycles. The lowest BCUT2D eigenvalue weighted by molar-refractivity contribution is -0.0761. The number of benzene rings is 1. The van der Waals surface area contributed by atoms with Crippen molar-refractivity contribution < 1.29 is 0 Å². The van der Waals surface area contributed by atoms with Crippen molar-refractivity contribution in [1.29, 1.82) is 0 Å². The zero-order chi connectivity index (χ0) is 20.7. The molecular weight excluding hydrogens is 376 g/mol. The van der Waals surface area contributed by atoms with Crippen LogP contribution in [0.4, 0.5) is 0 Å². The Balaban J connectivity index is 1.13. The molecule has 5 fully saturated rings. The van der Waals surface area contributed by atoms with E-state index in [-0.39, 0.29) is 0 Å². The molecule has 2 unspecified atom stereocenters. The van der Waals surface area contributed by atoms with Crippen LogP contribution in [0.5, 0.6) is 0 Å². The average Bonchev–Trinajstić information content (AvgIpc) is 2.79. The maximum atomic E-state index is 4.91. The summed E-state index contributed by atoms with van der Waals surface area (Å²) in [7, 11) is 0. The normalized spacial score (nSPS) is 34.8. The summed E-state index contributed by atoms with van der Waals surface area (Å²) in [5.74, 6) is 1.92. The molecule has 2 aromatic rings. The van der Waals surface area contributed by atoms with E-state index in [1.807, 2.05) is 0 Å². The van der Waals surface area contributed by atoms with Gasteiger partial charge in [0.1, 0.15) is 0 Å². The molecule has 0 amide bonds. The average molecular weight is 415 g/mol. The first-order valence-electron chi connectivity index (χ1n) is 12.9. The van der Waals surface area contributed by atoms with Crippen LogP contribution in [0.15, 0.2) is 48.7 Å². The van der Waals surface area contributed by atoms with E-state index in [4.69, 9.17) is 4.98 Å². The van der Waals surface area contributed by atoms with Crippen LogP contribution in [-0.2, 0) is 18.4 Å². The Labute approximate surface area is 188 Å². The van der Waals surface area contributed by atoms with Gasteiger partial charge in [-0.15, -0.1) is 0 Å².